The van der Waals surface area contributed by atoms with Crippen LogP contribution >= 0.6 is 24.0 Å². The average molecular weight is 386 g/mol. The van der Waals surface area contributed by atoms with Gasteiger partial charge >= 0.3 is 0 Å². The molecule has 1 aromatic carbocycles. The first-order chi connectivity index (χ1) is 11.5. The van der Waals surface area contributed by atoms with Crippen LogP contribution in [0, 0.1) is 5.92 Å². The number of hydrogen-bond acceptors (Lipinski definition) is 3. The number of benzene rings is 1. The largest absolute Gasteiger partial charge is 0.348 e. The predicted octanol–water partition coefficient (Wildman–Crippen LogP) is 3.40. The minimum Gasteiger partial charge on any atom is -0.348 e. The van der Waals surface area contributed by atoms with Gasteiger partial charge in [0.2, 0.25) is 5.91 Å². The van der Waals surface area contributed by atoms with Gasteiger partial charge in [-0.05, 0) is 37.1 Å². The zero-order chi connectivity index (χ0) is 17.5. The molecular formula is C18H25Cl2N3O2. The molecule has 25 heavy (non-hydrogen) atoms. The molecule has 1 aliphatic rings. The monoisotopic (exact) mass is 385 g/mol. The van der Waals surface area contributed by atoms with E-state index in [0.29, 0.717) is 29.2 Å². The summed E-state index contributed by atoms with van der Waals surface area (Å²) in [5, 5.41) is 9.29. The van der Waals surface area contributed by atoms with Gasteiger partial charge in [-0.2, -0.15) is 0 Å². The molecule has 0 aliphatic carbocycles. The van der Waals surface area contributed by atoms with Crippen LogP contribution in [0.25, 0.3) is 0 Å². The summed E-state index contributed by atoms with van der Waals surface area (Å²) in [5.41, 5.74) is 2.16. The second-order valence-corrected chi connectivity index (χ2v) is 6.75. The molecule has 2 amide bonds. The normalized spacial score (nSPS) is 13.7. The van der Waals surface area contributed by atoms with Crippen LogP contribution in [0.1, 0.15) is 37.0 Å². The highest BCUT2D eigenvalue weighted by molar-refractivity contribution is 6.34. The summed E-state index contributed by atoms with van der Waals surface area (Å²) in [6, 6.07) is 4.95. The fourth-order valence-corrected chi connectivity index (χ4v) is 2.68. The van der Waals surface area contributed by atoms with E-state index in [-0.39, 0.29) is 30.1 Å². The second-order valence-electron chi connectivity index (χ2n) is 6.34. The maximum absolute atomic E-state index is 12.4. The van der Waals surface area contributed by atoms with Gasteiger partial charge in [-0.15, -0.1) is 12.4 Å². The highest BCUT2D eigenvalue weighted by Crippen LogP contribution is 2.21. The Morgan fingerprint density at radius 2 is 2.08 bits per heavy atom. The van der Waals surface area contributed by atoms with Gasteiger partial charge in [-0.1, -0.05) is 37.1 Å². The smallest absolute Gasteiger partial charge is 0.253 e. The molecule has 0 saturated heterocycles. The molecule has 2 rings (SSSR count). The fourth-order valence-electron chi connectivity index (χ4n) is 2.48. The summed E-state index contributed by atoms with van der Waals surface area (Å²) >= 11 is 6.14. The lowest BCUT2D eigenvalue weighted by Crippen LogP contribution is -2.29. The molecule has 0 atom stereocenters. The molecule has 0 fully saturated rings. The zero-order valence-corrected chi connectivity index (χ0v) is 16.1. The molecule has 0 bridgehead atoms. The van der Waals surface area contributed by atoms with Crippen LogP contribution in [0.2, 0.25) is 5.02 Å². The first kappa shape index (κ1) is 21.5. The SMILES string of the molecule is CC(C)CC(=O)Nc1ccc(Cl)c(C(=O)NCC2=CCNCC2)c1.Cl. The molecule has 0 radical (unpaired) electrons. The summed E-state index contributed by atoms with van der Waals surface area (Å²) < 4.78 is 0. The third-order valence-corrected chi connectivity index (χ3v) is 4.05. The minimum absolute atomic E-state index is 0. The first-order valence-corrected chi connectivity index (χ1v) is 8.59. The van der Waals surface area contributed by atoms with Gasteiger partial charge in [0.15, 0.2) is 0 Å². The van der Waals surface area contributed by atoms with Crippen molar-refractivity contribution in [3.05, 3.63) is 40.4 Å². The van der Waals surface area contributed by atoms with Gasteiger partial charge in [0.25, 0.3) is 5.91 Å². The molecule has 1 aliphatic heterocycles. The third kappa shape index (κ3) is 7.06. The van der Waals surface area contributed by atoms with Gasteiger partial charge in [0.05, 0.1) is 10.6 Å². The van der Waals surface area contributed by atoms with Gasteiger partial charge in [0, 0.05) is 25.2 Å². The summed E-state index contributed by atoms with van der Waals surface area (Å²) in [4.78, 5) is 24.2. The standard InChI is InChI=1S/C18H24ClN3O2.ClH/c1-12(2)9-17(23)22-14-3-4-16(19)15(10-14)18(24)21-11-13-5-7-20-8-6-13;/h3-5,10,12,20H,6-9,11H2,1-2H3,(H,21,24)(H,22,23);1H. The number of hydrogen-bond donors (Lipinski definition) is 3. The molecule has 0 unspecified atom stereocenters. The molecule has 0 aromatic heterocycles. The first-order valence-electron chi connectivity index (χ1n) is 8.22. The average Bonchev–Trinajstić information content (AvgIpc) is 2.54. The van der Waals surface area contributed by atoms with Crippen molar-refractivity contribution in [3.63, 3.8) is 0 Å². The van der Waals surface area contributed by atoms with Crippen LogP contribution in [0.3, 0.4) is 0 Å². The number of nitrogens with one attached hydrogen (secondary N) is 3. The van der Waals surface area contributed by atoms with Gasteiger partial charge in [-0.3, -0.25) is 9.59 Å². The highest BCUT2D eigenvalue weighted by atomic mass is 35.5. The van der Waals surface area contributed by atoms with Crippen LogP contribution in [-0.2, 0) is 4.79 Å². The number of anilines is 1. The number of carbonyl (C=O) groups is 2. The van der Waals surface area contributed by atoms with E-state index < -0.39 is 0 Å². The predicted molar refractivity (Wildman–Crippen MR) is 105 cm³/mol. The van der Waals surface area contributed by atoms with E-state index in [4.69, 9.17) is 11.6 Å². The van der Waals surface area contributed by atoms with E-state index in [2.05, 4.69) is 22.0 Å². The van der Waals surface area contributed by atoms with E-state index in [1.165, 1.54) is 5.57 Å². The maximum Gasteiger partial charge on any atom is 0.253 e. The topological polar surface area (TPSA) is 70.2 Å². The maximum atomic E-state index is 12.4. The molecule has 0 saturated carbocycles. The van der Waals surface area contributed by atoms with Crippen molar-refractivity contribution in [2.45, 2.75) is 26.7 Å². The minimum atomic E-state index is -0.237. The number of amides is 2. The van der Waals surface area contributed by atoms with Crippen LogP contribution < -0.4 is 16.0 Å². The van der Waals surface area contributed by atoms with E-state index in [1.54, 1.807) is 18.2 Å². The Balaban J connectivity index is 0.00000312. The molecule has 1 aromatic rings. The van der Waals surface area contributed by atoms with E-state index in [1.807, 2.05) is 13.8 Å². The summed E-state index contributed by atoms with van der Waals surface area (Å²) in [6.07, 6.45) is 3.46. The molecule has 7 heteroatoms. The summed E-state index contributed by atoms with van der Waals surface area (Å²) in [6.45, 7) is 6.25. The zero-order valence-electron chi connectivity index (χ0n) is 14.5. The van der Waals surface area contributed by atoms with Gasteiger partial charge in [0.1, 0.15) is 0 Å². The van der Waals surface area contributed by atoms with Crippen molar-refractivity contribution in [2.75, 3.05) is 25.0 Å². The Bertz CT molecular complexity index is 645. The highest BCUT2D eigenvalue weighted by Gasteiger charge is 2.13. The molecule has 5 nitrogen and oxygen atoms in total. The Kier molecular flexibility index (Phi) is 8.97. The van der Waals surface area contributed by atoms with E-state index >= 15 is 0 Å². The Hall–Kier alpha value is -1.56. The van der Waals surface area contributed by atoms with Crippen molar-refractivity contribution < 1.29 is 9.59 Å². The lowest BCUT2D eigenvalue weighted by molar-refractivity contribution is -0.116. The van der Waals surface area contributed by atoms with E-state index in [9.17, 15) is 9.59 Å². The van der Waals surface area contributed by atoms with Crippen LogP contribution in [0.15, 0.2) is 29.8 Å². The van der Waals surface area contributed by atoms with Gasteiger partial charge < -0.3 is 16.0 Å². The fraction of sp³-hybridized carbons (Fsp3) is 0.444. The number of rotatable bonds is 6. The second kappa shape index (κ2) is 10.4. The van der Waals surface area contributed by atoms with Crippen molar-refractivity contribution in [2.24, 2.45) is 5.92 Å². The van der Waals surface area contributed by atoms with Crippen LogP contribution in [-0.4, -0.2) is 31.4 Å². The van der Waals surface area contributed by atoms with E-state index in [0.717, 1.165) is 19.5 Å². The van der Waals surface area contributed by atoms with Crippen molar-refractivity contribution in [3.8, 4) is 0 Å². The summed E-state index contributed by atoms with van der Waals surface area (Å²) in [7, 11) is 0. The molecule has 1 heterocycles. The number of halogens is 2. The molecule has 138 valence electrons. The molecule has 0 spiro atoms. The quantitative estimate of drug-likeness (QED) is 0.657. The Morgan fingerprint density at radius 3 is 2.72 bits per heavy atom. The third-order valence-electron chi connectivity index (χ3n) is 3.72. The van der Waals surface area contributed by atoms with Gasteiger partial charge in [-0.25, -0.2) is 0 Å². The van der Waals surface area contributed by atoms with Crippen molar-refractivity contribution in [1.29, 1.82) is 0 Å². The Morgan fingerprint density at radius 1 is 1.32 bits per heavy atom. The lowest BCUT2D eigenvalue weighted by atomic mass is 10.1. The van der Waals surface area contributed by atoms with Crippen molar-refractivity contribution in [1.82, 2.24) is 10.6 Å². The van der Waals surface area contributed by atoms with Crippen molar-refractivity contribution >= 4 is 41.5 Å². The summed E-state index contributed by atoms with van der Waals surface area (Å²) in [5.74, 6) is -0.0312. The number of carbonyl (C=O) groups excluding carboxylic acids is 2. The Labute approximate surface area is 160 Å². The van der Waals surface area contributed by atoms with Crippen LogP contribution in [0.5, 0.6) is 0 Å². The lowest BCUT2D eigenvalue weighted by Gasteiger charge is -2.15. The molecular weight excluding hydrogens is 361 g/mol. The molecule has 3 N–H and O–H groups in total. The van der Waals surface area contributed by atoms with Crippen LogP contribution in [0.4, 0.5) is 5.69 Å².